The summed E-state index contributed by atoms with van der Waals surface area (Å²) >= 11 is 0. The molecule has 3 heterocycles. The molecule has 0 saturated carbocycles. The Bertz CT molecular complexity index is 3530. The maximum absolute atomic E-state index is 6.45. The summed E-state index contributed by atoms with van der Waals surface area (Å²) in [4.78, 5) is 7.19. The Labute approximate surface area is 345 Å². The van der Waals surface area contributed by atoms with Crippen LogP contribution in [0.25, 0.3) is 99.8 Å². The fraction of sp³-hybridized carbons (Fsp3) is 0. The third-order valence-corrected chi connectivity index (χ3v) is 11.5. The normalized spacial score (nSPS) is 11.7. The van der Waals surface area contributed by atoms with E-state index in [2.05, 4.69) is 150 Å². The molecule has 5 nitrogen and oxygen atoms in total. The van der Waals surface area contributed by atoms with Crippen molar-refractivity contribution in [2.24, 2.45) is 0 Å². The molecule has 12 aromatic rings. The van der Waals surface area contributed by atoms with E-state index in [0.29, 0.717) is 11.5 Å². The highest BCUT2D eigenvalue weighted by molar-refractivity contribution is 6.15. The lowest BCUT2D eigenvalue weighted by atomic mass is 9.98. The molecule has 0 spiro atoms. The first-order valence-electron chi connectivity index (χ1n) is 20.1. The van der Waals surface area contributed by atoms with Crippen molar-refractivity contribution in [1.82, 2.24) is 4.98 Å². The van der Waals surface area contributed by atoms with Crippen molar-refractivity contribution in [3.05, 3.63) is 206 Å². The molecule has 60 heavy (non-hydrogen) atoms. The van der Waals surface area contributed by atoms with Crippen molar-refractivity contribution in [3.63, 3.8) is 0 Å². The van der Waals surface area contributed by atoms with Crippen LogP contribution >= 0.6 is 0 Å². The van der Waals surface area contributed by atoms with Gasteiger partial charge in [0.2, 0.25) is 5.89 Å². The molecular formula is C55H34N2O3. The number of para-hydroxylation sites is 1. The molecule has 5 heteroatoms. The van der Waals surface area contributed by atoms with Gasteiger partial charge in [-0.25, -0.2) is 4.98 Å². The number of hydrogen-bond acceptors (Lipinski definition) is 5. The number of anilines is 3. The summed E-state index contributed by atoms with van der Waals surface area (Å²) in [5, 5.41) is 4.28. The maximum atomic E-state index is 6.45. The Morgan fingerprint density at radius 1 is 0.317 bits per heavy atom. The van der Waals surface area contributed by atoms with Crippen LogP contribution in [0.15, 0.2) is 220 Å². The van der Waals surface area contributed by atoms with Crippen LogP contribution in [-0.4, -0.2) is 4.98 Å². The van der Waals surface area contributed by atoms with E-state index >= 15 is 0 Å². The van der Waals surface area contributed by atoms with Gasteiger partial charge in [-0.1, -0.05) is 127 Å². The third-order valence-electron chi connectivity index (χ3n) is 11.5. The lowest BCUT2D eigenvalue weighted by Crippen LogP contribution is -2.10. The number of furan rings is 2. The highest BCUT2D eigenvalue weighted by Crippen LogP contribution is 2.43. The van der Waals surface area contributed by atoms with Crippen molar-refractivity contribution >= 4 is 72.0 Å². The molecule has 0 amide bonds. The zero-order valence-corrected chi connectivity index (χ0v) is 32.2. The average Bonchev–Trinajstić information content (AvgIpc) is 4.02. The first kappa shape index (κ1) is 33.9. The summed E-state index contributed by atoms with van der Waals surface area (Å²) in [5.41, 5.74) is 15.7. The molecule has 9 aromatic carbocycles. The van der Waals surface area contributed by atoms with Gasteiger partial charge in [-0.05, 0) is 106 Å². The number of nitrogens with zero attached hydrogens (tertiary/aromatic N) is 2. The average molecular weight is 771 g/mol. The van der Waals surface area contributed by atoms with Gasteiger partial charge < -0.3 is 18.2 Å². The van der Waals surface area contributed by atoms with Crippen LogP contribution in [0.1, 0.15) is 0 Å². The van der Waals surface area contributed by atoms with E-state index in [-0.39, 0.29) is 0 Å². The fourth-order valence-electron chi connectivity index (χ4n) is 8.69. The molecular weight excluding hydrogens is 737 g/mol. The molecule has 0 fully saturated rings. The number of oxazole rings is 1. The van der Waals surface area contributed by atoms with E-state index in [1.807, 2.05) is 60.7 Å². The Balaban J connectivity index is 0.969. The number of benzene rings is 9. The second kappa shape index (κ2) is 13.8. The highest BCUT2D eigenvalue weighted by atomic mass is 16.4. The second-order valence-corrected chi connectivity index (χ2v) is 15.1. The summed E-state index contributed by atoms with van der Waals surface area (Å²) in [7, 11) is 0. The fourth-order valence-corrected chi connectivity index (χ4v) is 8.69. The Morgan fingerprint density at radius 3 is 1.60 bits per heavy atom. The number of fused-ring (bicyclic) bond motifs is 7. The van der Waals surface area contributed by atoms with Crippen LogP contribution in [0.5, 0.6) is 0 Å². The molecule has 0 atom stereocenters. The molecule has 0 radical (unpaired) electrons. The highest BCUT2D eigenvalue weighted by Gasteiger charge is 2.19. The molecule has 0 unspecified atom stereocenters. The summed E-state index contributed by atoms with van der Waals surface area (Å²) in [6.07, 6.45) is 0. The minimum absolute atomic E-state index is 0.593. The largest absolute Gasteiger partial charge is 0.456 e. The van der Waals surface area contributed by atoms with E-state index in [9.17, 15) is 0 Å². The monoisotopic (exact) mass is 770 g/mol. The molecule has 0 aliphatic carbocycles. The summed E-state index contributed by atoms with van der Waals surface area (Å²) in [6.45, 7) is 0. The van der Waals surface area contributed by atoms with Crippen molar-refractivity contribution in [2.75, 3.05) is 4.90 Å². The van der Waals surface area contributed by atoms with Crippen LogP contribution in [0.4, 0.5) is 17.1 Å². The predicted molar refractivity (Wildman–Crippen MR) is 245 cm³/mol. The van der Waals surface area contributed by atoms with E-state index in [4.69, 9.17) is 18.2 Å². The first-order chi connectivity index (χ1) is 29.7. The molecule has 0 saturated heterocycles. The molecule has 3 aromatic heterocycles. The van der Waals surface area contributed by atoms with Crippen molar-refractivity contribution in [1.29, 1.82) is 0 Å². The van der Waals surface area contributed by atoms with Crippen LogP contribution < -0.4 is 4.90 Å². The lowest BCUT2D eigenvalue weighted by molar-refractivity contribution is 0.617. The van der Waals surface area contributed by atoms with Gasteiger partial charge in [0.15, 0.2) is 5.58 Å². The topological polar surface area (TPSA) is 55.6 Å². The Hall–Kier alpha value is -8.15. The quantitative estimate of drug-likeness (QED) is 0.162. The first-order valence-corrected chi connectivity index (χ1v) is 20.1. The van der Waals surface area contributed by atoms with Crippen molar-refractivity contribution < 1.29 is 13.3 Å². The van der Waals surface area contributed by atoms with Crippen LogP contribution in [0.2, 0.25) is 0 Å². The minimum atomic E-state index is 0.593. The van der Waals surface area contributed by atoms with E-state index < -0.39 is 0 Å². The SMILES string of the molecule is c1ccc(-c2ccc(N(c3ccc(-c4cccc5oc6cc7oc(-c8ccccc8)nc7cc6c45)cc3)c3cccc(-c4cccc5oc6ccccc6c45)c3)cc2)cc1. The molecule has 12 rings (SSSR count). The zero-order chi connectivity index (χ0) is 39.6. The summed E-state index contributed by atoms with van der Waals surface area (Å²) in [5.74, 6) is 0.593. The van der Waals surface area contributed by atoms with Crippen LogP contribution in [0, 0.1) is 0 Å². The smallest absolute Gasteiger partial charge is 0.227 e. The van der Waals surface area contributed by atoms with Gasteiger partial charge >= 0.3 is 0 Å². The van der Waals surface area contributed by atoms with Crippen molar-refractivity contribution in [3.8, 4) is 44.8 Å². The molecule has 0 bridgehead atoms. The maximum Gasteiger partial charge on any atom is 0.227 e. The zero-order valence-electron chi connectivity index (χ0n) is 32.2. The standard InChI is InChI=1S/C55H34N2O3/c1-3-12-35(13-4-1)36-24-28-40(29-25-36)57(42-17-9-16-39(32-42)44-20-11-22-49-53(44)45-18-7-8-21-48(45)58-49)41-30-26-37(27-31-41)43-19-10-23-50-54(43)46-33-47-52(34-51(46)59-50)60-55(56-47)38-14-5-2-6-15-38/h1-34H. The Kier molecular flexibility index (Phi) is 7.78. The van der Waals surface area contributed by atoms with Gasteiger partial charge in [0, 0.05) is 50.2 Å². The van der Waals surface area contributed by atoms with Crippen LogP contribution in [0.3, 0.4) is 0 Å². The van der Waals surface area contributed by atoms with Crippen LogP contribution in [-0.2, 0) is 0 Å². The van der Waals surface area contributed by atoms with E-state index in [0.717, 1.165) is 94.3 Å². The lowest BCUT2D eigenvalue weighted by Gasteiger charge is -2.26. The van der Waals surface area contributed by atoms with Crippen molar-refractivity contribution in [2.45, 2.75) is 0 Å². The Morgan fingerprint density at radius 2 is 0.867 bits per heavy atom. The van der Waals surface area contributed by atoms with Gasteiger partial charge in [0.25, 0.3) is 0 Å². The minimum Gasteiger partial charge on any atom is -0.456 e. The number of rotatable bonds is 7. The number of aromatic nitrogens is 1. The number of hydrogen-bond donors (Lipinski definition) is 0. The molecule has 0 aliphatic heterocycles. The van der Waals surface area contributed by atoms with Gasteiger partial charge in [0.1, 0.15) is 27.8 Å². The molecule has 0 aliphatic rings. The third kappa shape index (κ3) is 5.67. The summed E-state index contributed by atoms with van der Waals surface area (Å²) in [6, 6.07) is 71.8. The predicted octanol–water partition coefficient (Wildman–Crippen LogP) is 15.8. The van der Waals surface area contributed by atoms with E-state index in [1.54, 1.807) is 0 Å². The summed E-state index contributed by atoms with van der Waals surface area (Å²) < 4.78 is 18.9. The van der Waals surface area contributed by atoms with Gasteiger partial charge in [-0.2, -0.15) is 0 Å². The van der Waals surface area contributed by atoms with Gasteiger partial charge in [0.05, 0.1) is 0 Å². The van der Waals surface area contributed by atoms with Gasteiger partial charge in [-0.3, -0.25) is 0 Å². The molecule has 0 N–H and O–H groups in total. The molecule has 282 valence electrons. The van der Waals surface area contributed by atoms with E-state index in [1.165, 1.54) is 11.1 Å². The second-order valence-electron chi connectivity index (χ2n) is 15.1. The van der Waals surface area contributed by atoms with Gasteiger partial charge in [-0.15, -0.1) is 0 Å².